The number of aromatic nitrogens is 1. The maximum atomic E-state index is 12.6. The molecule has 0 unspecified atom stereocenters. The fraction of sp³-hybridized carbons (Fsp3) is 0.667. The molecule has 0 saturated heterocycles. The number of rotatable bonds is 8. The van der Waals surface area contributed by atoms with Gasteiger partial charge in [0.1, 0.15) is 0 Å². The van der Waals surface area contributed by atoms with Crippen molar-refractivity contribution in [2.75, 3.05) is 6.54 Å². The van der Waals surface area contributed by atoms with Crippen LogP contribution in [0.15, 0.2) is 23.4 Å². The molecule has 1 aliphatic rings. The van der Waals surface area contributed by atoms with Crippen LogP contribution in [-0.2, 0) is 16.6 Å². The first-order valence-corrected chi connectivity index (χ1v) is 9.09. The van der Waals surface area contributed by atoms with E-state index in [-0.39, 0.29) is 11.1 Å². The summed E-state index contributed by atoms with van der Waals surface area (Å²) in [5.41, 5.74) is 1.02. The highest BCUT2D eigenvalue weighted by molar-refractivity contribution is 7.89. The first-order chi connectivity index (χ1) is 9.95. The molecule has 1 aromatic rings. The summed E-state index contributed by atoms with van der Waals surface area (Å²) >= 11 is 0. The van der Waals surface area contributed by atoms with Crippen LogP contribution in [0.25, 0.3) is 0 Å². The van der Waals surface area contributed by atoms with E-state index in [0.717, 1.165) is 18.5 Å². The highest BCUT2D eigenvalue weighted by atomic mass is 32.2. The summed E-state index contributed by atoms with van der Waals surface area (Å²) in [5.74, 6) is 0. The minimum Gasteiger partial charge on any atom is -0.310 e. The predicted octanol–water partition coefficient (Wildman–Crippen LogP) is 2.14. The first-order valence-electron chi connectivity index (χ1n) is 7.65. The SMILES string of the molecule is CCCN(C(C)C)S(=O)(=O)c1ccc(CNC2CC2)cn1. The highest BCUT2D eigenvalue weighted by Gasteiger charge is 2.27. The molecule has 1 aliphatic carbocycles. The van der Waals surface area contributed by atoms with Crippen molar-refractivity contribution in [3.05, 3.63) is 23.9 Å². The summed E-state index contributed by atoms with van der Waals surface area (Å²) in [6.45, 7) is 7.03. The second-order valence-corrected chi connectivity index (χ2v) is 7.71. The zero-order valence-electron chi connectivity index (χ0n) is 13.0. The predicted molar refractivity (Wildman–Crippen MR) is 83.4 cm³/mol. The Morgan fingerprint density at radius 3 is 2.57 bits per heavy atom. The molecule has 1 saturated carbocycles. The molecule has 0 aliphatic heterocycles. The van der Waals surface area contributed by atoms with Crippen molar-refractivity contribution in [2.24, 2.45) is 0 Å². The Morgan fingerprint density at radius 2 is 2.10 bits per heavy atom. The molecule has 0 bridgehead atoms. The highest BCUT2D eigenvalue weighted by Crippen LogP contribution is 2.20. The van der Waals surface area contributed by atoms with E-state index in [1.165, 1.54) is 17.1 Å². The molecule has 2 rings (SSSR count). The monoisotopic (exact) mass is 311 g/mol. The van der Waals surface area contributed by atoms with E-state index in [9.17, 15) is 8.42 Å². The van der Waals surface area contributed by atoms with Gasteiger partial charge in [-0.15, -0.1) is 0 Å². The maximum Gasteiger partial charge on any atom is 0.260 e. The van der Waals surface area contributed by atoms with Crippen LogP contribution in [0.2, 0.25) is 0 Å². The zero-order valence-corrected chi connectivity index (χ0v) is 13.9. The molecule has 1 aromatic heterocycles. The van der Waals surface area contributed by atoms with Crippen molar-refractivity contribution in [3.8, 4) is 0 Å². The number of hydrogen-bond donors (Lipinski definition) is 1. The van der Waals surface area contributed by atoms with Gasteiger partial charge in [0.2, 0.25) is 0 Å². The van der Waals surface area contributed by atoms with Crippen LogP contribution in [0.1, 0.15) is 45.6 Å². The largest absolute Gasteiger partial charge is 0.310 e. The van der Waals surface area contributed by atoms with E-state index < -0.39 is 10.0 Å². The van der Waals surface area contributed by atoms with Crippen molar-refractivity contribution in [2.45, 2.75) is 63.7 Å². The zero-order chi connectivity index (χ0) is 15.5. The summed E-state index contributed by atoms with van der Waals surface area (Å²) in [6, 6.07) is 4.03. The Bertz CT molecular complexity index is 551. The molecule has 0 atom stereocenters. The van der Waals surface area contributed by atoms with E-state index in [0.29, 0.717) is 12.6 Å². The molecule has 1 heterocycles. The maximum absolute atomic E-state index is 12.6. The lowest BCUT2D eigenvalue weighted by molar-refractivity contribution is 0.352. The third-order valence-electron chi connectivity index (χ3n) is 3.56. The lowest BCUT2D eigenvalue weighted by atomic mass is 10.3. The third kappa shape index (κ3) is 4.25. The van der Waals surface area contributed by atoms with Gasteiger partial charge in [-0.3, -0.25) is 0 Å². The fourth-order valence-corrected chi connectivity index (χ4v) is 3.86. The van der Waals surface area contributed by atoms with Gasteiger partial charge in [-0.25, -0.2) is 13.4 Å². The summed E-state index contributed by atoms with van der Waals surface area (Å²) in [5, 5.41) is 3.53. The Morgan fingerprint density at radius 1 is 1.38 bits per heavy atom. The fourth-order valence-electron chi connectivity index (χ4n) is 2.21. The van der Waals surface area contributed by atoms with E-state index in [4.69, 9.17) is 0 Å². The summed E-state index contributed by atoms with van der Waals surface area (Å²) in [7, 11) is -3.50. The molecule has 1 fully saturated rings. The average molecular weight is 311 g/mol. The topological polar surface area (TPSA) is 62.3 Å². The lowest BCUT2D eigenvalue weighted by Crippen LogP contribution is -2.37. The Balaban J connectivity index is 2.10. The van der Waals surface area contributed by atoms with E-state index >= 15 is 0 Å². The molecule has 0 spiro atoms. The van der Waals surface area contributed by atoms with Gasteiger partial charge in [0, 0.05) is 31.4 Å². The number of pyridine rings is 1. The minimum atomic E-state index is -3.50. The van der Waals surface area contributed by atoms with Crippen molar-refractivity contribution in [1.82, 2.24) is 14.6 Å². The van der Waals surface area contributed by atoms with Crippen molar-refractivity contribution in [3.63, 3.8) is 0 Å². The van der Waals surface area contributed by atoms with E-state index in [2.05, 4.69) is 10.3 Å². The lowest BCUT2D eigenvalue weighted by Gasteiger charge is -2.24. The normalized spacial score (nSPS) is 15.9. The van der Waals surface area contributed by atoms with Gasteiger partial charge < -0.3 is 5.32 Å². The van der Waals surface area contributed by atoms with E-state index in [1.54, 1.807) is 12.3 Å². The Hall–Kier alpha value is -0.980. The van der Waals surface area contributed by atoms with Gasteiger partial charge in [-0.2, -0.15) is 4.31 Å². The van der Waals surface area contributed by atoms with Crippen LogP contribution < -0.4 is 5.32 Å². The number of sulfonamides is 1. The summed E-state index contributed by atoms with van der Waals surface area (Å²) in [6.07, 6.45) is 4.92. The standard InChI is InChI=1S/C15H25N3O2S/c1-4-9-18(12(2)3)21(19,20)15-8-5-13(11-17-15)10-16-14-6-7-14/h5,8,11-12,14,16H,4,6-7,9-10H2,1-3H3. The molecule has 6 heteroatoms. The molecular weight excluding hydrogens is 286 g/mol. The van der Waals surface area contributed by atoms with Crippen LogP contribution in [-0.4, -0.2) is 36.3 Å². The van der Waals surface area contributed by atoms with E-state index in [1.807, 2.05) is 26.8 Å². The van der Waals surface area contributed by atoms with Gasteiger partial charge in [0.05, 0.1) is 0 Å². The van der Waals surface area contributed by atoms with Gasteiger partial charge >= 0.3 is 0 Å². The number of nitrogens with one attached hydrogen (secondary N) is 1. The molecule has 118 valence electrons. The Labute approximate surface area is 127 Å². The van der Waals surface area contributed by atoms with Crippen LogP contribution in [0.4, 0.5) is 0 Å². The molecule has 0 amide bonds. The van der Waals surface area contributed by atoms with Crippen molar-refractivity contribution in [1.29, 1.82) is 0 Å². The molecule has 0 aromatic carbocycles. The van der Waals surface area contributed by atoms with Crippen molar-refractivity contribution >= 4 is 10.0 Å². The molecule has 1 N–H and O–H groups in total. The molecule has 5 nitrogen and oxygen atoms in total. The van der Waals surface area contributed by atoms with Crippen LogP contribution >= 0.6 is 0 Å². The van der Waals surface area contributed by atoms with Crippen LogP contribution in [0.3, 0.4) is 0 Å². The summed E-state index contributed by atoms with van der Waals surface area (Å²) in [4.78, 5) is 4.16. The quantitative estimate of drug-likeness (QED) is 0.799. The molecule has 21 heavy (non-hydrogen) atoms. The molecule has 0 radical (unpaired) electrons. The van der Waals surface area contributed by atoms with Gasteiger partial charge in [0.15, 0.2) is 5.03 Å². The average Bonchev–Trinajstić information content (AvgIpc) is 3.26. The van der Waals surface area contributed by atoms with Gasteiger partial charge in [-0.05, 0) is 44.7 Å². The van der Waals surface area contributed by atoms with Gasteiger partial charge in [0.25, 0.3) is 10.0 Å². The second kappa shape index (κ2) is 6.85. The van der Waals surface area contributed by atoms with Crippen LogP contribution in [0.5, 0.6) is 0 Å². The van der Waals surface area contributed by atoms with Crippen molar-refractivity contribution < 1.29 is 8.42 Å². The number of nitrogens with zero attached hydrogens (tertiary/aromatic N) is 2. The smallest absolute Gasteiger partial charge is 0.260 e. The van der Waals surface area contributed by atoms with Gasteiger partial charge in [-0.1, -0.05) is 13.0 Å². The first kappa shape index (κ1) is 16.4. The third-order valence-corrected chi connectivity index (χ3v) is 5.55. The summed E-state index contributed by atoms with van der Waals surface area (Å²) < 4.78 is 26.7. The molecular formula is C15H25N3O2S. The minimum absolute atomic E-state index is 0.0621. The number of hydrogen-bond acceptors (Lipinski definition) is 4. The van der Waals surface area contributed by atoms with Crippen LogP contribution in [0, 0.1) is 0 Å². The second-order valence-electron chi connectivity index (χ2n) is 5.87. The Kier molecular flexibility index (Phi) is 5.35.